The smallest absolute Gasteiger partial charge is 0.272 e. The van der Waals surface area contributed by atoms with E-state index in [2.05, 4.69) is 17.0 Å². The van der Waals surface area contributed by atoms with Gasteiger partial charge in [-0.2, -0.15) is 5.10 Å². The van der Waals surface area contributed by atoms with Crippen LogP contribution in [0, 0.1) is 13.8 Å². The number of likely N-dealkylation sites (tertiary alicyclic amines) is 1. The summed E-state index contributed by atoms with van der Waals surface area (Å²) in [6.07, 6.45) is 3.48. The molecule has 5 nitrogen and oxygen atoms in total. The highest BCUT2D eigenvalue weighted by atomic mass is 35.5. The molecule has 0 aliphatic carbocycles. The largest absolute Gasteiger partial charge is 0.330 e. The Balaban J connectivity index is 1.93. The van der Waals surface area contributed by atoms with Crippen molar-refractivity contribution in [2.75, 3.05) is 6.54 Å². The van der Waals surface area contributed by atoms with Gasteiger partial charge in [0, 0.05) is 31.0 Å². The van der Waals surface area contributed by atoms with Gasteiger partial charge in [-0.3, -0.25) is 9.48 Å². The number of hydrogen-bond acceptors (Lipinski definition) is 3. The number of aromatic nitrogens is 3. The molecule has 0 bridgehead atoms. The highest BCUT2D eigenvalue weighted by Crippen LogP contribution is 2.36. The van der Waals surface area contributed by atoms with Gasteiger partial charge >= 0.3 is 0 Å². The predicted octanol–water partition coefficient (Wildman–Crippen LogP) is 3.06. The zero-order chi connectivity index (χ0) is 15.9. The van der Waals surface area contributed by atoms with Crippen molar-refractivity contribution in [1.29, 1.82) is 0 Å². The molecule has 2 aromatic rings. The maximum absolute atomic E-state index is 12.8. The standard InChI is InChI=1S/C16H19ClN4O/c1-10-15(11(2)20(3)19-10)14-5-4-8-21(14)16(22)13-7-6-12(17)9-18-13/h6-7,9,14H,4-5,8H2,1-3H3. The first kappa shape index (κ1) is 15.0. The monoisotopic (exact) mass is 318 g/mol. The lowest BCUT2D eigenvalue weighted by atomic mass is 10.0. The first-order valence-corrected chi connectivity index (χ1v) is 7.79. The first-order chi connectivity index (χ1) is 10.5. The summed E-state index contributed by atoms with van der Waals surface area (Å²) in [6.45, 7) is 4.81. The molecule has 116 valence electrons. The molecule has 1 unspecified atom stereocenters. The lowest BCUT2D eigenvalue weighted by Gasteiger charge is -2.25. The Kier molecular flexibility index (Phi) is 3.91. The van der Waals surface area contributed by atoms with Crippen molar-refractivity contribution in [1.82, 2.24) is 19.7 Å². The lowest BCUT2D eigenvalue weighted by Crippen LogP contribution is -2.31. The highest BCUT2D eigenvalue weighted by molar-refractivity contribution is 6.30. The van der Waals surface area contributed by atoms with Crippen LogP contribution < -0.4 is 0 Å². The molecule has 1 amide bonds. The summed E-state index contributed by atoms with van der Waals surface area (Å²) < 4.78 is 1.88. The van der Waals surface area contributed by atoms with Gasteiger partial charge in [-0.15, -0.1) is 0 Å². The Morgan fingerprint density at radius 2 is 2.14 bits per heavy atom. The predicted molar refractivity (Wildman–Crippen MR) is 84.9 cm³/mol. The second-order valence-electron chi connectivity index (χ2n) is 5.73. The number of hydrogen-bond donors (Lipinski definition) is 0. The van der Waals surface area contributed by atoms with Crippen molar-refractivity contribution in [3.63, 3.8) is 0 Å². The number of amides is 1. The fourth-order valence-electron chi connectivity index (χ4n) is 3.23. The molecule has 0 radical (unpaired) electrons. The second kappa shape index (κ2) is 5.72. The fraction of sp³-hybridized carbons (Fsp3) is 0.438. The summed E-state index contributed by atoms with van der Waals surface area (Å²) in [4.78, 5) is 18.8. The van der Waals surface area contributed by atoms with Crippen LogP contribution in [0.5, 0.6) is 0 Å². The van der Waals surface area contributed by atoms with Crippen molar-refractivity contribution in [2.45, 2.75) is 32.7 Å². The third-order valence-electron chi connectivity index (χ3n) is 4.36. The molecule has 1 aliphatic heterocycles. The van der Waals surface area contributed by atoms with E-state index in [-0.39, 0.29) is 11.9 Å². The molecule has 1 aliphatic rings. The van der Waals surface area contributed by atoms with Crippen molar-refractivity contribution < 1.29 is 4.79 Å². The number of nitrogens with zero attached hydrogens (tertiary/aromatic N) is 4. The number of rotatable bonds is 2. The van der Waals surface area contributed by atoms with Crippen LogP contribution in [0.25, 0.3) is 0 Å². The molecular weight excluding hydrogens is 300 g/mol. The number of pyridine rings is 1. The summed E-state index contributed by atoms with van der Waals surface area (Å²) in [5.41, 5.74) is 3.72. The van der Waals surface area contributed by atoms with Crippen molar-refractivity contribution >= 4 is 17.5 Å². The molecule has 0 spiro atoms. The molecule has 6 heteroatoms. The average molecular weight is 319 g/mol. The normalized spacial score (nSPS) is 18.0. The number of carbonyl (C=O) groups is 1. The van der Waals surface area contributed by atoms with Crippen LogP contribution in [-0.4, -0.2) is 32.1 Å². The number of carbonyl (C=O) groups excluding carboxylic acids is 1. The Labute approximate surface area is 134 Å². The van der Waals surface area contributed by atoms with Crippen LogP contribution in [0.4, 0.5) is 0 Å². The van der Waals surface area contributed by atoms with Crippen LogP contribution in [0.15, 0.2) is 18.3 Å². The van der Waals surface area contributed by atoms with E-state index in [0.29, 0.717) is 10.7 Å². The molecule has 2 aromatic heterocycles. The van der Waals surface area contributed by atoms with E-state index >= 15 is 0 Å². The van der Waals surface area contributed by atoms with Gasteiger partial charge in [0.1, 0.15) is 5.69 Å². The SMILES string of the molecule is Cc1nn(C)c(C)c1C1CCCN1C(=O)c1ccc(Cl)cn1. The average Bonchev–Trinajstić information content (AvgIpc) is 3.04. The molecule has 3 rings (SSSR count). The van der Waals surface area contributed by atoms with Gasteiger partial charge in [0.05, 0.1) is 16.8 Å². The summed E-state index contributed by atoms with van der Waals surface area (Å²) >= 11 is 5.85. The van der Waals surface area contributed by atoms with Gasteiger partial charge in [0.15, 0.2) is 0 Å². The lowest BCUT2D eigenvalue weighted by molar-refractivity contribution is 0.0729. The van der Waals surface area contributed by atoms with Crippen LogP contribution in [0.3, 0.4) is 0 Å². The summed E-state index contributed by atoms with van der Waals surface area (Å²) in [5, 5.41) is 5.01. The van der Waals surface area contributed by atoms with E-state index in [1.165, 1.54) is 11.8 Å². The Morgan fingerprint density at radius 3 is 2.73 bits per heavy atom. The van der Waals surface area contributed by atoms with Crippen LogP contribution in [0.2, 0.25) is 5.02 Å². The fourth-order valence-corrected chi connectivity index (χ4v) is 3.34. The van der Waals surface area contributed by atoms with Crippen molar-refractivity contribution in [3.8, 4) is 0 Å². The molecule has 0 N–H and O–H groups in total. The minimum atomic E-state index is -0.0400. The maximum Gasteiger partial charge on any atom is 0.272 e. The van der Waals surface area contributed by atoms with E-state index in [9.17, 15) is 4.79 Å². The Morgan fingerprint density at radius 1 is 1.36 bits per heavy atom. The molecule has 22 heavy (non-hydrogen) atoms. The van der Waals surface area contributed by atoms with Gasteiger partial charge in [0.2, 0.25) is 0 Å². The minimum absolute atomic E-state index is 0.0400. The molecule has 0 aromatic carbocycles. The van der Waals surface area contributed by atoms with Crippen molar-refractivity contribution in [3.05, 3.63) is 46.0 Å². The topological polar surface area (TPSA) is 51.0 Å². The maximum atomic E-state index is 12.8. The minimum Gasteiger partial charge on any atom is -0.330 e. The Hall–Kier alpha value is -1.88. The molecule has 3 heterocycles. The van der Waals surface area contributed by atoms with Gasteiger partial charge < -0.3 is 4.90 Å². The van der Waals surface area contributed by atoms with Crippen LogP contribution >= 0.6 is 11.6 Å². The quantitative estimate of drug-likeness (QED) is 0.855. The molecule has 1 atom stereocenters. The third-order valence-corrected chi connectivity index (χ3v) is 4.58. The van der Waals surface area contributed by atoms with Gasteiger partial charge in [0.25, 0.3) is 5.91 Å². The van der Waals surface area contributed by atoms with E-state index < -0.39 is 0 Å². The number of halogens is 1. The third kappa shape index (κ3) is 2.50. The zero-order valence-electron chi connectivity index (χ0n) is 13.0. The van der Waals surface area contributed by atoms with Crippen LogP contribution in [-0.2, 0) is 7.05 Å². The zero-order valence-corrected chi connectivity index (χ0v) is 13.8. The second-order valence-corrected chi connectivity index (χ2v) is 6.16. The molecule has 0 saturated carbocycles. The van der Waals surface area contributed by atoms with Gasteiger partial charge in [-0.25, -0.2) is 4.98 Å². The highest BCUT2D eigenvalue weighted by Gasteiger charge is 2.34. The van der Waals surface area contributed by atoms with E-state index in [1.807, 2.05) is 23.6 Å². The van der Waals surface area contributed by atoms with E-state index in [4.69, 9.17) is 11.6 Å². The van der Waals surface area contributed by atoms with Gasteiger partial charge in [-0.1, -0.05) is 11.6 Å². The van der Waals surface area contributed by atoms with E-state index in [1.54, 1.807) is 12.1 Å². The summed E-state index contributed by atoms with van der Waals surface area (Å²) in [7, 11) is 1.94. The molecule has 1 fully saturated rings. The molecular formula is C16H19ClN4O. The summed E-state index contributed by atoms with van der Waals surface area (Å²) in [5.74, 6) is -0.0400. The first-order valence-electron chi connectivity index (χ1n) is 7.41. The van der Waals surface area contributed by atoms with Gasteiger partial charge in [-0.05, 0) is 38.8 Å². The van der Waals surface area contributed by atoms with Crippen LogP contribution in [0.1, 0.15) is 46.3 Å². The molecule has 1 saturated heterocycles. The van der Waals surface area contributed by atoms with E-state index in [0.717, 1.165) is 30.8 Å². The Bertz CT molecular complexity index is 708. The van der Waals surface area contributed by atoms with Crippen molar-refractivity contribution in [2.24, 2.45) is 7.05 Å². The summed E-state index contributed by atoms with van der Waals surface area (Å²) in [6, 6.07) is 3.47. The number of aryl methyl sites for hydroxylation is 2.